The first-order chi connectivity index (χ1) is 15.5. The highest BCUT2D eigenvalue weighted by atomic mass is 32.2. The molecule has 0 fully saturated rings. The van der Waals surface area contributed by atoms with Crippen LogP contribution < -0.4 is 4.72 Å². The van der Waals surface area contributed by atoms with E-state index in [0.717, 1.165) is 15.4 Å². The first-order valence-corrected chi connectivity index (χ1v) is 13.8. The third-order valence-electron chi connectivity index (χ3n) is 5.43. The van der Waals surface area contributed by atoms with Crippen LogP contribution in [0.4, 0.5) is 5.69 Å². The number of hydrogen-bond acceptors (Lipinski definition) is 6. The van der Waals surface area contributed by atoms with Gasteiger partial charge in [-0.25, -0.2) is 16.8 Å². The number of fused-ring (bicyclic) bond motifs is 1. The van der Waals surface area contributed by atoms with E-state index < -0.39 is 32.1 Å². The quantitative estimate of drug-likeness (QED) is 0.502. The summed E-state index contributed by atoms with van der Waals surface area (Å²) in [6.07, 6.45) is 0.177. The summed E-state index contributed by atoms with van der Waals surface area (Å²) in [5.41, 5.74) is 2.08. The number of hydrogen-bond donors (Lipinski definition) is 2. The summed E-state index contributed by atoms with van der Waals surface area (Å²) in [4.78, 5) is 13.0. The van der Waals surface area contributed by atoms with Crippen molar-refractivity contribution in [1.29, 1.82) is 0 Å². The second kappa shape index (κ2) is 8.56. The molecule has 1 aliphatic heterocycles. The predicted molar refractivity (Wildman–Crippen MR) is 126 cm³/mol. The van der Waals surface area contributed by atoms with Crippen LogP contribution in [0.15, 0.2) is 64.4 Å². The molecule has 1 aliphatic rings. The van der Waals surface area contributed by atoms with Gasteiger partial charge in [-0.2, -0.15) is 4.31 Å². The van der Waals surface area contributed by atoms with E-state index in [-0.39, 0.29) is 22.8 Å². The van der Waals surface area contributed by atoms with Crippen LogP contribution in [0.1, 0.15) is 23.8 Å². The Morgan fingerprint density at radius 1 is 1.15 bits per heavy atom. The number of carbonyl (C=O) groups is 1. The van der Waals surface area contributed by atoms with E-state index in [9.17, 15) is 26.7 Å². The number of nitrogens with zero attached hydrogens (tertiary/aromatic N) is 1. The van der Waals surface area contributed by atoms with Crippen molar-refractivity contribution >= 4 is 43.0 Å². The normalized spacial score (nSPS) is 16.3. The molecule has 174 valence electrons. The van der Waals surface area contributed by atoms with E-state index in [1.54, 1.807) is 49.4 Å². The van der Waals surface area contributed by atoms with Gasteiger partial charge in [0.05, 0.1) is 16.3 Å². The van der Waals surface area contributed by atoms with Crippen LogP contribution in [-0.4, -0.2) is 38.3 Å². The number of thiophene rings is 1. The van der Waals surface area contributed by atoms with Gasteiger partial charge >= 0.3 is 5.97 Å². The SMILES string of the molecule is CCC(C(=O)O)N1Cc2sc(-c3ccc(NS(=O)(=O)c4ccc(C)cc4)cc3)cc2S1(=O)=O. The van der Waals surface area contributed by atoms with E-state index in [1.807, 2.05) is 6.92 Å². The van der Waals surface area contributed by atoms with Gasteiger partial charge in [0, 0.05) is 15.4 Å². The summed E-state index contributed by atoms with van der Waals surface area (Å²) in [6, 6.07) is 13.6. The Kier molecular flexibility index (Phi) is 6.08. The van der Waals surface area contributed by atoms with Crippen molar-refractivity contribution in [1.82, 2.24) is 4.31 Å². The van der Waals surface area contributed by atoms with Gasteiger partial charge in [0.1, 0.15) is 6.04 Å². The lowest BCUT2D eigenvalue weighted by Gasteiger charge is -2.21. The zero-order valence-corrected chi connectivity index (χ0v) is 20.3. The minimum atomic E-state index is -3.88. The van der Waals surface area contributed by atoms with Gasteiger partial charge in [-0.1, -0.05) is 36.8 Å². The lowest BCUT2D eigenvalue weighted by Crippen LogP contribution is -2.40. The average molecular weight is 507 g/mol. The van der Waals surface area contributed by atoms with Crippen LogP contribution in [-0.2, 0) is 31.4 Å². The Labute approximate surface area is 196 Å². The molecule has 8 nitrogen and oxygen atoms in total. The van der Waals surface area contributed by atoms with E-state index in [0.29, 0.717) is 15.4 Å². The van der Waals surface area contributed by atoms with E-state index >= 15 is 0 Å². The fourth-order valence-corrected chi connectivity index (χ4v) is 8.11. The molecule has 0 spiro atoms. The molecule has 4 rings (SSSR count). The van der Waals surface area contributed by atoms with E-state index in [1.165, 1.54) is 23.5 Å². The van der Waals surface area contributed by atoms with Crippen LogP contribution in [0, 0.1) is 6.92 Å². The van der Waals surface area contributed by atoms with Crippen LogP contribution >= 0.6 is 11.3 Å². The number of rotatable bonds is 7. The highest BCUT2D eigenvalue weighted by Gasteiger charge is 2.43. The van der Waals surface area contributed by atoms with Gasteiger partial charge < -0.3 is 5.11 Å². The molecule has 2 N–H and O–H groups in total. The molecule has 33 heavy (non-hydrogen) atoms. The standard InChI is InChI=1S/C22H22N2O6S3/c1-3-18(22(25)26)24-13-20-21(33(24,29)30)12-19(31-20)15-6-8-16(9-7-15)23-32(27,28)17-10-4-14(2)5-11-17/h4-12,18,23H,3,13H2,1-2H3,(H,25,26). The van der Waals surface area contributed by atoms with Gasteiger partial charge in [-0.05, 0) is 49.2 Å². The summed E-state index contributed by atoms with van der Waals surface area (Å²) in [5.74, 6) is -1.17. The van der Waals surface area contributed by atoms with Gasteiger partial charge in [0.25, 0.3) is 10.0 Å². The topological polar surface area (TPSA) is 121 Å². The van der Waals surface area contributed by atoms with Crippen molar-refractivity contribution in [2.75, 3.05) is 4.72 Å². The molecule has 0 saturated carbocycles. The van der Waals surface area contributed by atoms with E-state index in [4.69, 9.17) is 0 Å². The van der Waals surface area contributed by atoms with Crippen molar-refractivity contribution in [3.63, 3.8) is 0 Å². The molecule has 3 aromatic rings. The first-order valence-electron chi connectivity index (χ1n) is 10.1. The summed E-state index contributed by atoms with van der Waals surface area (Å²) in [5, 5.41) is 9.35. The zero-order chi connectivity index (χ0) is 24.0. The number of aliphatic carboxylic acids is 1. The van der Waals surface area contributed by atoms with Crippen LogP contribution in [0.25, 0.3) is 10.4 Å². The number of carboxylic acid groups (broad SMARTS) is 1. The number of nitrogens with one attached hydrogen (secondary N) is 1. The third kappa shape index (κ3) is 4.41. The molecule has 0 aliphatic carbocycles. The molecular formula is C22H22N2O6S3. The monoisotopic (exact) mass is 506 g/mol. The average Bonchev–Trinajstić information content (AvgIpc) is 3.28. The molecule has 0 bridgehead atoms. The smallest absolute Gasteiger partial charge is 0.322 e. The number of anilines is 1. The predicted octanol–water partition coefficient (Wildman–Crippen LogP) is 3.89. The van der Waals surface area contributed by atoms with Crippen molar-refractivity contribution in [3.05, 3.63) is 65.0 Å². The van der Waals surface area contributed by atoms with Crippen molar-refractivity contribution < 1.29 is 26.7 Å². The summed E-state index contributed by atoms with van der Waals surface area (Å²) in [6.45, 7) is 3.54. The Bertz CT molecular complexity index is 1410. The molecule has 1 unspecified atom stereocenters. The maximum Gasteiger partial charge on any atom is 0.322 e. The third-order valence-corrected chi connectivity index (χ3v) is 10.0. The minimum Gasteiger partial charge on any atom is -0.480 e. The second-order valence-corrected chi connectivity index (χ2v) is 12.4. The first kappa shape index (κ1) is 23.4. The molecule has 2 heterocycles. The number of benzene rings is 2. The van der Waals surface area contributed by atoms with Crippen LogP contribution in [0.5, 0.6) is 0 Å². The Hall–Kier alpha value is -2.73. The van der Waals surface area contributed by atoms with Crippen molar-refractivity contribution in [3.8, 4) is 10.4 Å². The number of carboxylic acids is 1. The maximum atomic E-state index is 12.9. The second-order valence-electron chi connectivity index (χ2n) is 7.71. The van der Waals surface area contributed by atoms with E-state index in [2.05, 4.69) is 4.72 Å². The number of sulfonamides is 2. The van der Waals surface area contributed by atoms with Crippen LogP contribution in [0.2, 0.25) is 0 Å². The van der Waals surface area contributed by atoms with Gasteiger partial charge in [0.15, 0.2) is 0 Å². The Morgan fingerprint density at radius 3 is 2.33 bits per heavy atom. The zero-order valence-electron chi connectivity index (χ0n) is 17.8. The highest BCUT2D eigenvalue weighted by molar-refractivity contribution is 7.92. The lowest BCUT2D eigenvalue weighted by molar-refractivity contribution is -0.141. The summed E-state index contributed by atoms with van der Waals surface area (Å²) in [7, 11) is -7.61. The lowest BCUT2D eigenvalue weighted by atomic mass is 10.2. The Balaban J connectivity index is 1.55. The van der Waals surface area contributed by atoms with Crippen molar-refractivity contribution in [2.45, 2.75) is 42.6 Å². The fourth-order valence-electron chi connectivity index (χ4n) is 3.65. The number of aryl methyl sites for hydroxylation is 1. The van der Waals surface area contributed by atoms with Gasteiger partial charge in [-0.3, -0.25) is 9.52 Å². The minimum absolute atomic E-state index is 0.0293. The van der Waals surface area contributed by atoms with Gasteiger partial charge in [-0.15, -0.1) is 11.3 Å². The molecule has 1 aromatic heterocycles. The van der Waals surface area contributed by atoms with Gasteiger partial charge in [0.2, 0.25) is 10.0 Å². The molecule has 0 radical (unpaired) electrons. The van der Waals surface area contributed by atoms with Crippen LogP contribution in [0.3, 0.4) is 0 Å². The summed E-state index contributed by atoms with van der Waals surface area (Å²) < 4.78 is 54.5. The van der Waals surface area contributed by atoms with Crippen molar-refractivity contribution in [2.24, 2.45) is 0 Å². The highest BCUT2D eigenvalue weighted by Crippen LogP contribution is 2.42. The molecule has 1 atom stereocenters. The largest absolute Gasteiger partial charge is 0.480 e. The summed E-state index contributed by atoms with van der Waals surface area (Å²) >= 11 is 1.29. The molecule has 0 saturated heterocycles. The molecule has 11 heteroatoms. The Morgan fingerprint density at radius 2 is 1.79 bits per heavy atom. The molecule has 2 aromatic carbocycles. The fraction of sp³-hybridized carbons (Fsp3) is 0.227. The maximum absolute atomic E-state index is 12.9. The molecule has 0 amide bonds. The molecular weight excluding hydrogens is 484 g/mol.